The quantitative estimate of drug-likeness (QED) is 0.810. The number of hydrogen-bond donors (Lipinski definition) is 2. The van der Waals surface area contributed by atoms with E-state index in [0.29, 0.717) is 0 Å². The monoisotopic (exact) mass is 336 g/mol. The van der Waals surface area contributed by atoms with E-state index < -0.39 is 29.0 Å². The van der Waals surface area contributed by atoms with E-state index in [1.807, 2.05) is 24.3 Å². The lowest BCUT2D eigenvalue weighted by atomic mass is 9.87. The molecule has 0 spiro atoms. The van der Waals surface area contributed by atoms with Crippen LogP contribution in [0, 0.1) is 17.5 Å². The van der Waals surface area contributed by atoms with Gasteiger partial charge in [-0.2, -0.15) is 0 Å². The Morgan fingerprint density at radius 2 is 1.58 bits per heavy atom. The number of anilines is 2. The summed E-state index contributed by atoms with van der Waals surface area (Å²) in [6, 6.07) is 9.32. The highest BCUT2D eigenvalue weighted by Gasteiger charge is 2.15. The Morgan fingerprint density at radius 1 is 0.958 bits per heavy atom. The van der Waals surface area contributed by atoms with Gasteiger partial charge in [0, 0.05) is 5.69 Å². The Balaban J connectivity index is 1.95. The first-order valence-electron chi connectivity index (χ1n) is 7.46. The normalized spacial score (nSPS) is 11.2. The topological polar surface area (TPSA) is 41.1 Å². The largest absolute Gasteiger partial charge is 0.376 e. The van der Waals surface area contributed by atoms with Gasteiger partial charge in [0.1, 0.15) is 0 Å². The van der Waals surface area contributed by atoms with Gasteiger partial charge in [-0.3, -0.25) is 4.79 Å². The lowest BCUT2D eigenvalue weighted by Crippen LogP contribution is -2.22. The Morgan fingerprint density at radius 3 is 2.17 bits per heavy atom. The Bertz CT molecular complexity index is 737. The summed E-state index contributed by atoms with van der Waals surface area (Å²) in [7, 11) is 0. The van der Waals surface area contributed by atoms with Crippen LogP contribution in [0.3, 0.4) is 0 Å². The zero-order chi connectivity index (χ0) is 17.9. The first-order chi connectivity index (χ1) is 11.2. The number of carbonyl (C=O) groups is 1. The third-order valence-corrected chi connectivity index (χ3v) is 3.51. The maximum absolute atomic E-state index is 13.5. The van der Waals surface area contributed by atoms with Crippen LogP contribution in [0.1, 0.15) is 26.3 Å². The van der Waals surface area contributed by atoms with Crippen LogP contribution in [0.25, 0.3) is 0 Å². The van der Waals surface area contributed by atoms with Crippen molar-refractivity contribution in [2.24, 2.45) is 0 Å². The first-order valence-corrected chi connectivity index (χ1v) is 7.46. The van der Waals surface area contributed by atoms with Crippen molar-refractivity contribution in [3.63, 3.8) is 0 Å². The van der Waals surface area contributed by atoms with Gasteiger partial charge >= 0.3 is 0 Å². The standard InChI is InChI=1S/C18H19F3N2O/c1-18(2,3)11-4-6-12(7-5-11)22-10-15(24)23-14-9-8-13(19)16(20)17(14)21/h4-9,22H,10H2,1-3H3,(H,23,24). The molecule has 1 amide bonds. The second-order valence-electron chi connectivity index (χ2n) is 6.45. The van der Waals surface area contributed by atoms with Crippen molar-refractivity contribution in [3.8, 4) is 0 Å². The molecule has 0 aliphatic rings. The highest BCUT2D eigenvalue weighted by Crippen LogP contribution is 2.23. The molecule has 2 aromatic rings. The van der Waals surface area contributed by atoms with Gasteiger partial charge in [0.25, 0.3) is 0 Å². The number of benzene rings is 2. The third-order valence-electron chi connectivity index (χ3n) is 3.51. The summed E-state index contributed by atoms with van der Waals surface area (Å²) in [5.74, 6) is -4.90. The summed E-state index contributed by atoms with van der Waals surface area (Å²) >= 11 is 0. The minimum atomic E-state index is -1.61. The Kier molecular flexibility index (Phi) is 5.17. The van der Waals surface area contributed by atoms with Crippen molar-refractivity contribution < 1.29 is 18.0 Å². The molecule has 3 nitrogen and oxygen atoms in total. The molecule has 0 heterocycles. The SMILES string of the molecule is CC(C)(C)c1ccc(NCC(=O)Nc2ccc(F)c(F)c2F)cc1. The van der Waals surface area contributed by atoms with E-state index in [1.165, 1.54) is 0 Å². The molecule has 0 unspecified atom stereocenters. The van der Waals surface area contributed by atoms with Gasteiger partial charge in [-0.1, -0.05) is 32.9 Å². The summed E-state index contributed by atoms with van der Waals surface area (Å²) < 4.78 is 39.4. The predicted molar refractivity (Wildman–Crippen MR) is 88.6 cm³/mol. The lowest BCUT2D eigenvalue weighted by molar-refractivity contribution is -0.114. The van der Waals surface area contributed by atoms with E-state index >= 15 is 0 Å². The van der Waals surface area contributed by atoms with E-state index in [2.05, 4.69) is 31.4 Å². The van der Waals surface area contributed by atoms with Gasteiger partial charge in [0.2, 0.25) is 5.91 Å². The van der Waals surface area contributed by atoms with E-state index in [4.69, 9.17) is 0 Å². The van der Waals surface area contributed by atoms with E-state index in [1.54, 1.807) is 0 Å². The van der Waals surface area contributed by atoms with Crippen molar-refractivity contribution in [1.82, 2.24) is 0 Å². The van der Waals surface area contributed by atoms with E-state index in [0.717, 1.165) is 23.4 Å². The molecule has 0 aliphatic carbocycles. The average molecular weight is 336 g/mol. The third kappa shape index (κ3) is 4.28. The second kappa shape index (κ2) is 6.95. The molecule has 0 aliphatic heterocycles. The average Bonchev–Trinajstić information content (AvgIpc) is 2.53. The Labute approximate surface area is 138 Å². The molecule has 2 N–H and O–H groups in total. The van der Waals surface area contributed by atoms with Crippen LogP contribution in [0.5, 0.6) is 0 Å². The van der Waals surface area contributed by atoms with Crippen molar-refractivity contribution in [2.45, 2.75) is 26.2 Å². The maximum Gasteiger partial charge on any atom is 0.243 e. The first kappa shape index (κ1) is 17.8. The molecule has 0 radical (unpaired) electrons. The zero-order valence-electron chi connectivity index (χ0n) is 13.7. The molecule has 0 fully saturated rings. The van der Waals surface area contributed by atoms with Gasteiger partial charge in [0.15, 0.2) is 17.5 Å². The zero-order valence-corrected chi connectivity index (χ0v) is 13.7. The molecular weight excluding hydrogens is 317 g/mol. The molecule has 2 aromatic carbocycles. The molecular formula is C18H19F3N2O. The number of carbonyl (C=O) groups excluding carboxylic acids is 1. The number of hydrogen-bond acceptors (Lipinski definition) is 2. The highest BCUT2D eigenvalue weighted by atomic mass is 19.2. The van der Waals surface area contributed by atoms with Gasteiger partial charge in [0.05, 0.1) is 12.2 Å². The van der Waals surface area contributed by atoms with Crippen LogP contribution in [0.2, 0.25) is 0 Å². The predicted octanol–water partition coefficient (Wildman–Crippen LogP) is 4.45. The minimum absolute atomic E-state index is 0.0279. The smallest absolute Gasteiger partial charge is 0.243 e. The van der Waals surface area contributed by atoms with Crippen molar-refractivity contribution in [3.05, 3.63) is 59.4 Å². The van der Waals surface area contributed by atoms with Crippen molar-refractivity contribution in [1.29, 1.82) is 0 Å². The van der Waals surface area contributed by atoms with Gasteiger partial charge in [-0.15, -0.1) is 0 Å². The molecule has 0 saturated carbocycles. The van der Waals surface area contributed by atoms with Crippen molar-refractivity contribution >= 4 is 17.3 Å². The molecule has 128 valence electrons. The van der Waals surface area contributed by atoms with Crippen molar-refractivity contribution in [2.75, 3.05) is 17.2 Å². The number of halogens is 3. The maximum atomic E-state index is 13.5. The molecule has 6 heteroatoms. The van der Waals surface area contributed by atoms with Gasteiger partial charge < -0.3 is 10.6 Å². The molecule has 2 rings (SSSR count). The van der Waals surface area contributed by atoms with Crippen LogP contribution in [0.4, 0.5) is 24.5 Å². The number of rotatable bonds is 4. The number of amides is 1. The number of nitrogens with one attached hydrogen (secondary N) is 2. The van der Waals surface area contributed by atoms with Gasteiger partial charge in [-0.25, -0.2) is 13.2 Å². The summed E-state index contributed by atoms with van der Waals surface area (Å²) in [5.41, 5.74) is 1.51. The summed E-state index contributed by atoms with van der Waals surface area (Å²) in [6.07, 6.45) is 0. The van der Waals surface area contributed by atoms with Crippen LogP contribution in [-0.2, 0) is 10.2 Å². The fourth-order valence-corrected chi connectivity index (χ4v) is 2.09. The molecule has 0 aromatic heterocycles. The fraction of sp³-hybridized carbons (Fsp3) is 0.278. The van der Waals surface area contributed by atoms with Crippen LogP contribution in [0.15, 0.2) is 36.4 Å². The fourth-order valence-electron chi connectivity index (χ4n) is 2.09. The summed E-state index contributed by atoms with van der Waals surface area (Å²) in [6.45, 7) is 6.16. The second-order valence-corrected chi connectivity index (χ2v) is 6.45. The van der Waals surface area contributed by atoms with E-state index in [-0.39, 0.29) is 12.0 Å². The summed E-state index contributed by atoms with van der Waals surface area (Å²) in [4.78, 5) is 11.8. The molecule has 0 bridgehead atoms. The minimum Gasteiger partial charge on any atom is -0.376 e. The van der Waals surface area contributed by atoms with E-state index in [9.17, 15) is 18.0 Å². The van der Waals surface area contributed by atoms with Crippen LogP contribution < -0.4 is 10.6 Å². The lowest BCUT2D eigenvalue weighted by Gasteiger charge is -2.19. The highest BCUT2D eigenvalue weighted by molar-refractivity contribution is 5.93. The molecule has 0 saturated heterocycles. The summed E-state index contributed by atoms with van der Waals surface area (Å²) in [5, 5.41) is 5.09. The Hall–Kier alpha value is -2.50. The van der Waals surface area contributed by atoms with Crippen LogP contribution >= 0.6 is 0 Å². The van der Waals surface area contributed by atoms with Crippen LogP contribution in [-0.4, -0.2) is 12.5 Å². The molecule has 24 heavy (non-hydrogen) atoms. The molecule has 0 atom stereocenters. The van der Waals surface area contributed by atoms with Gasteiger partial charge in [-0.05, 0) is 35.2 Å².